The van der Waals surface area contributed by atoms with E-state index in [-0.39, 0.29) is 5.56 Å². The standard InChI is InChI=1S/C23H19F3N2/c24-23(25,26)21-15-8-7-14-20(21)22(28-17-9-16-27,18-10-3-1-4-11-18)19-12-5-2-6-13-19/h1-17H,27H2. The van der Waals surface area contributed by atoms with Crippen molar-refractivity contribution < 1.29 is 13.2 Å². The predicted octanol–water partition coefficient (Wildman–Crippen LogP) is 5.54. The van der Waals surface area contributed by atoms with Gasteiger partial charge in [-0.05, 0) is 29.5 Å². The van der Waals surface area contributed by atoms with Crippen LogP contribution in [0.25, 0.3) is 0 Å². The second kappa shape index (κ2) is 8.13. The van der Waals surface area contributed by atoms with E-state index in [9.17, 15) is 13.2 Å². The molecule has 0 saturated carbocycles. The van der Waals surface area contributed by atoms with Gasteiger partial charge in [-0.15, -0.1) is 0 Å². The molecular formula is C23H19F3N2. The summed E-state index contributed by atoms with van der Waals surface area (Å²) in [7, 11) is 0. The highest BCUT2D eigenvalue weighted by molar-refractivity contribution is 5.73. The average Bonchev–Trinajstić information content (AvgIpc) is 2.72. The van der Waals surface area contributed by atoms with Crippen molar-refractivity contribution in [2.24, 2.45) is 10.7 Å². The third-order valence-corrected chi connectivity index (χ3v) is 4.47. The highest BCUT2D eigenvalue weighted by Crippen LogP contribution is 2.45. The van der Waals surface area contributed by atoms with Crippen molar-refractivity contribution in [2.45, 2.75) is 11.7 Å². The number of hydrogen-bond donors (Lipinski definition) is 1. The lowest BCUT2D eigenvalue weighted by molar-refractivity contribution is -0.138. The molecule has 2 nitrogen and oxygen atoms in total. The van der Waals surface area contributed by atoms with E-state index in [1.54, 1.807) is 54.6 Å². The van der Waals surface area contributed by atoms with E-state index in [2.05, 4.69) is 4.99 Å². The largest absolute Gasteiger partial charge is 0.416 e. The molecule has 0 aliphatic heterocycles. The van der Waals surface area contributed by atoms with E-state index in [0.717, 1.165) is 6.07 Å². The molecule has 3 rings (SSSR count). The van der Waals surface area contributed by atoms with Gasteiger partial charge in [-0.1, -0.05) is 78.9 Å². The second-order valence-corrected chi connectivity index (χ2v) is 6.15. The number of hydrogen-bond acceptors (Lipinski definition) is 2. The van der Waals surface area contributed by atoms with Gasteiger partial charge in [0.2, 0.25) is 0 Å². The molecule has 0 unspecified atom stereocenters. The molecule has 0 heterocycles. The minimum absolute atomic E-state index is 0.0570. The number of alkyl halides is 3. The summed E-state index contributed by atoms with van der Waals surface area (Å²) in [5, 5.41) is 0. The SMILES string of the molecule is NC=CC=NC(c1ccccc1)(c1ccccc1)c1ccccc1C(F)(F)F. The topological polar surface area (TPSA) is 38.4 Å². The van der Waals surface area contributed by atoms with Crippen molar-refractivity contribution in [3.05, 3.63) is 119 Å². The minimum Gasteiger partial charge on any atom is -0.405 e. The maximum atomic E-state index is 13.9. The van der Waals surface area contributed by atoms with Gasteiger partial charge in [0.05, 0.1) is 5.56 Å². The fourth-order valence-electron chi connectivity index (χ4n) is 3.31. The predicted molar refractivity (Wildman–Crippen MR) is 106 cm³/mol. The van der Waals surface area contributed by atoms with Crippen LogP contribution in [0.15, 0.2) is 102 Å². The molecule has 28 heavy (non-hydrogen) atoms. The first-order chi connectivity index (χ1) is 13.5. The van der Waals surface area contributed by atoms with Crippen LogP contribution in [-0.2, 0) is 11.7 Å². The average molecular weight is 380 g/mol. The van der Waals surface area contributed by atoms with Crippen LogP contribution in [-0.4, -0.2) is 6.21 Å². The third-order valence-electron chi connectivity index (χ3n) is 4.47. The van der Waals surface area contributed by atoms with Crippen molar-refractivity contribution in [3.8, 4) is 0 Å². The van der Waals surface area contributed by atoms with Gasteiger partial charge in [0.25, 0.3) is 0 Å². The van der Waals surface area contributed by atoms with Gasteiger partial charge in [0.1, 0.15) is 5.54 Å². The first-order valence-electron chi connectivity index (χ1n) is 8.70. The zero-order valence-electron chi connectivity index (χ0n) is 15.0. The Kier molecular flexibility index (Phi) is 5.64. The number of halogens is 3. The molecule has 3 aromatic rings. The van der Waals surface area contributed by atoms with Crippen LogP contribution < -0.4 is 5.73 Å². The van der Waals surface area contributed by atoms with Gasteiger partial charge in [-0.3, -0.25) is 4.99 Å². The Bertz CT molecular complexity index is 922. The quantitative estimate of drug-likeness (QED) is 0.458. The molecule has 0 amide bonds. The Hall–Kier alpha value is -3.34. The van der Waals surface area contributed by atoms with Crippen LogP contribution in [0.3, 0.4) is 0 Å². The smallest absolute Gasteiger partial charge is 0.405 e. The number of nitrogens with two attached hydrogens (primary N) is 1. The molecule has 3 aromatic carbocycles. The molecule has 0 saturated heterocycles. The first-order valence-corrected chi connectivity index (χ1v) is 8.70. The Morgan fingerprint density at radius 2 is 1.14 bits per heavy atom. The van der Waals surface area contributed by atoms with E-state index in [4.69, 9.17) is 5.73 Å². The fraction of sp³-hybridized carbons (Fsp3) is 0.0870. The van der Waals surface area contributed by atoms with E-state index >= 15 is 0 Å². The summed E-state index contributed by atoms with van der Waals surface area (Å²) in [6.07, 6.45) is -0.297. The number of nitrogens with zero attached hydrogens (tertiary/aromatic N) is 1. The molecule has 5 heteroatoms. The molecule has 0 radical (unpaired) electrons. The molecule has 0 atom stereocenters. The maximum absolute atomic E-state index is 13.9. The van der Waals surface area contributed by atoms with E-state index in [1.165, 1.54) is 30.6 Å². The summed E-state index contributed by atoms with van der Waals surface area (Å²) >= 11 is 0. The van der Waals surface area contributed by atoms with Gasteiger partial charge in [0, 0.05) is 11.8 Å². The van der Waals surface area contributed by atoms with Gasteiger partial charge < -0.3 is 5.73 Å². The molecular weight excluding hydrogens is 361 g/mol. The molecule has 2 N–H and O–H groups in total. The van der Waals surface area contributed by atoms with E-state index in [1.807, 2.05) is 12.1 Å². The zero-order valence-corrected chi connectivity index (χ0v) is 15.0. The first kappa shape index (κ1) is 19.4. The van der Waals surface area contributed by atoms with Crippen molar-refractivity contribution >= 4 is 6.21 Å². The van der Waals surface area contributed by atoms with Crippen LogP contribution in [0, 0.1) is 0 Å². The molecule has 0 fully saturated rings. The minimum atomic E-state index is -4.52. The van der Waals surface area contributed by atoms with Crippen LogP contribution >= 0.6 is 0 Å². The summed E-state index contributed by atoms with van der Waals surface area (Å²) in [5.74, 6) is 0. The number of aliphatic imine (C=N–C) groups is 1. The molecule has 0 aliphatic rings. The van der Waals surface area contributed by atoms with E-state index in [0.29, 0.717) is 11.1 Å². The third kappa shape index (κ3) is 3.69. The molecule has 0 aliphatic carbocycles. The highest BCUT2D eigenvalue weighted by atomic mass is 19.4. The fourth-order valence-corrected chi connectivity index (χ4v) is 3.31. The van der Waals surface area contributed by atoms with Gasteiger partial charge in [0.15, 0.2) is 0 Å². The van der Waals surface area contributed by atoms with Crippen LogP contribution in [0.5, 0.6) is 0 Å². The summed E-state index contributed by atoms with van der Waals surface area (Å²) in [6, 6.07) is 23.5. The summed E-state index contributed by atoms with van der Waals surface area (Å²) in [6.45, 7) is 0. The van der Waals surface area contributed by atoms with Crippen molar-refractivity contribution in [1.29, 1.82) is 0 Å². The lowest BCUT2D eigenvalue weighted by Crippen LogP contribution is -2.30. The lowest BCUT2D eigenvalue weighted by Gasteiger charge is -2.34. The molecule has 0 spiro atoms. The van der Waals surface area contributed by atoms with Crippen LogP contribution in [0.2, 0.25) is 0 Å². The molecule has 0 aromatic heterocycles. The van der Waals surface area contributed by atoms with E-state index < -0.39 is 17.3 Å². The van der Waals surface area contributed by atoms with Crippen LogP contribution in [0.1, 0.15) is 22.3 Å². The van der Waals surface area contributed by atoms with Crippen molar-refractivity contribution in [1.82, 2.24) is 0 Å². The summed E-state index contributed by atoms with van der Waals surface area (Å²) < 4.78 is 41.7. The zero-order chi connectivity index (χ0) is 20.0. The Morgan fingerprint density at radius 1 is 0.679 bits per heavy atom. The molecule has 0 bridgehead atoms. The molecule has 142 valence electrons. The normalized spacial score (nSPS) is 12.7. The monoisotopic (exact) mass is 380 g/mol. The Labute approximate surface area is 161 Å². The maximum Gasteiger partial charge on any atom is 0.416 e. The van der Waals surface area contributed by atoms with Gasteiger partial charge in [-0.2, -0.15) is 13.2 Å². The number of benzene rings is 3. The summed E-state index contributed by atoms with van der Waals surface area (Å²) in [5.41, 5.74) is 4.62. The Balaban J connectivity index is 2.44. The Morgan fingerprint density at radius 3 is 1.61 bits per heavy atom. The number of rotatable bonds is 5. The summed E-state index contributed by atoms with van der Waals surface area (Å²) in [4.78, 5) is 4.64. The van der Waals surface area contributed by atoms with Gasteiger partial charge in [-0.25, -0.2) is 0 Å². The van der Waals surface area contributed by atoms with Crippen LogP contribution in [0.4, 0.5) is 13.2 Å². The number of allylic oxidation sites excluding steroid dienone is 1. The highest BCUT2D eigenvalue weighted by Gasteiger charge is 2.43. The lowest BCUT2D eigenvalue weighted by atomic mass is 9.75. The van der Waals surface area contributed by atoms with Gasteiger partial charge >= 0.3 is 6.18 Å². The van der Waals surface area contributed by atoms with Crippen molar-refractivity contribution in [3.63, 3.8) is 0 Å². The second-order valence-electron chi connectivity index (χ2n) is 6.15. The van der Waals surface area contributed by atoms with Crippen molar-refractivity contribution in [2.75, 3.05) is 0 Å².